The Morgan fingerprint density at radius 1 is 1.20 bits per heavy atom. The SMILES string of the molecule is CCC(C(=O)NC(C)(C)CCON(C)CNC(=O)CON)C(C)(C)C. The molecule has 0 aromatic heterocycles. The number of hydrogen-bond acceptors (Lipinski definition) is 6. The van der Waals surface area contributed by atoms with Gasteiger partial charge < -0.3 is 10.6 Å². The first-order chi connectivity index (χ1) is 11.4. The minimum absolute atomic E-state index is 0.0321. The van der Waals surface area contributed by atoms with E-state index in [2.05, 4.69) is 36.2 Å². The highest BCUT2D eigenvalue weighted by Crippen LogP contribution is 2.29. The van der Waals surface area contributed by atoms with E-state index in [0.29, 0.717) is 13.0 Å². The zero-order valence-corrected chi connectivity index (χ0v) is 16.8. The number of carbonyl (C=O) groups is 2. The van der Waals surface area contributed by atoms with E-state index in [9.17, 15) is 9.59 Å². The number of amides is 2. The van der Waals surface area contributed by atoms with Gasteiger partial charge in [0.25, 0.3) is 0 Å². The summed E-state index contributed by atoms with van der Waals surface area (Å²) in [4.78, 5) is 33.5. The topological polar surface area (TPSA) is 106 Å². The van der Waals surface area contributed by atoms with Crippen LogP contribution in [0.4, 0.5) is 0 Å². The lowest BCUT2D eigenvalue weighted by molar-refractivity contribution is -0.155. The van der Waals surface area contributed by atoms with Gasteiger partial charge in [-0.05, 0) is 32.1 Å². The van der Waals surface area contributed by atoms with Crippen molar-refractivity contribution < 1.29 is 19.3 Å². The molecule has 0 bridgehead atoms. The minimum atomic E-state index is -0.382. The summed E-state index contributed by atoms with van der Waals surface area (Å²) in [5.41, 5.74) is -0.454. The average molecular weight is 360 g/mol. The van der Waals surface area contributed by atoms with Gasteiger partial charge in [0.1, 0.15) is 6.61 Å². The molecule has 25 heavy (non-hydrogen) atoms. The van der Waals surface area contributed by atoms with E-state index in [-0.39, 0.29) is 42.0 Å². The predicted octanol–water partition coefficient (Wildman–Crippen LogP) is 1.17. The molecule has 0 radical (unpaired) electrons. The van der Waals surface area contributed by atoms with E-state index < -0.39 is 0 Å². The average Bonchev–Trinajstić information content (AvgIpc) is 2.43. The van der Waals surface area contributed by atoms with Crippen LogP contribution in [0.3, 0.4) is 0 Å². The lowest BCUT2D eigenvalue weighted by Crippen LogP contribution is -2.49. The number of hydrogen-bond donors (Lipinski definition) is 3. The summed E-state index contributed by atoms with van der Waals surface area (Å²) in [5, 5.41) is 7.22. The molecule has 8 nitrogen and oxygen atoms in total. The van der Waals surface area contributed by atoms with Crippen LogP contribution in [0.5, 0.6) is 0 Å². The third-order valence-corrected chi connectivity index (χ3v) is 3.98. The molecule has 0 aromatic carbocycles. The molecular formula is C17H36N4O4. The zero-order chi connectivity index (χ0) is 19.7. The summed E-state index contributed by atoms with van der Waals surface area (Å²) in [6.07, 6.45) is 1.44. The van der Waals surface area contributed by atoms with Crippen LogP contribution in [0.25, 0.3) is 0 Å². The van der Waals surface area contributed by atoms with Crippen molar-refractivity contribution in [2.24, 2.45) is 17.2 Å². The fraction of sp³-hybridized carbons (Fsp3) is 0.882. The second kappa shape index (κ2) is 10.7. The molecule has 0 aliphatic carbocycles. The van der Waals surface area contributed by atoms with Crippen LogP contribution in [-0.4, -0.2) is 49.3 Å². The fourth-order valence-corrected chi connectivity index (χ4v) is 2.50. The number of carbonyl (C=O) groups excluding carboxylic acids is 2. The quantitative estimate of drug-likeness (QED) is 0.377. The van der Waals surface area contributed by atoms with Gasteiger partial charge in [0.2, 0.25) is 11.8 Å². The first kappa shape index (κ1) is 23.8. The highest BCUT2D eigenvalue weighted by molar-refractivity contribution is 5.80. The Morgan fingerprint density at radius 2 is 1.80 bits per heavy atom. The van der Waals surface area contributed by atoms with Crippen LogP contribution in [0.1, 0.15) is 54.4 Å². The summed E-state index contributed by atoms with van der Waals surface area (Å²) >= 11 is 0. The molecule has 148 valence electrons. The third-order valence-electron chi connectivity index (χ3n) is 3.98. The van der Waals surface area contributed by atoms with Crippen molar-refractivity contribution in [2.75, 3.05) is 26.9 Å². The number of hydroxylamine groups is 2. The smallest absolute Gasteiger partial charge is 0.249 e. The maximum atomic E-state index is 12.5. The Balaban J connectivity index is 4.27. The van der Waals surface area contributed by atoms with Gasteiger partial charge in [-0.15, -0.1) is 0 Å². The van der Waals surface area contributed by atoms with E-state index in [1.54, 1.807) is 7.05 Å². The molecule has 0 aliphatic heterocycles. The van der Waals surface area contributed by atoms with Gasteiger partial charge in [0.05, 0.1) is 13.3 Å². The van der Waals surface area contributed by atoms with Crippen LogP contribution in [0.15, 0.2) is 0 Å². The molecule has 0 saturated heterocycles. The second-order valence-corrected chi connectivity index (χ2v) is 7.98. The molecule has 0 aliphatic rings. The van der Waals surface area contributed by atoms with Crippen molar-refractivity contribution in [2.45, 2.75) is 59.9 Å². The van der Waals surface area contributed by atoms with E-state index in [1.807, 2.05) is 20.8 Å². The molecule has 0 fully saturated rings. The van der Waals surface area contributed by atoms with Crippen molar-refractivity contribution in [3.8, 4) is 0 Å². The highest BCUT2D eigenvalue weighted by atomic mass is 16.7. The predicted molar refractivity (Wildman–Crippen MR) is 96.9 cm³/mol. The van der Waals surface area contributed by atoms with Crippen LogP contribution in [0, 0.1) is 11.3 Å². The molecule has 1 atom stereocenters. The monoisotopic (exact) mass is 360 g/mol. The molecular weight excluding hydrogens is 324 g/mol. The Bertz CT molecular complexity index is 421. The summed E-state index contributed by atoms with van der Waals surface area (Å²) in [7, 11) is 1.71. The van der Waals surface area contributed by atoms with E-state index >= 15 is 0 Å². The molecule has 8 heteroatoms. The van der Waals surface area contributed by atoms with Gasteiger partial charge in [-0.2, -0.15) is 5.06 Å². The fourth-order valence-electron chi connectivity index (χ4n) is 2.50. The van der Waals surface area contributed by atoms with Gasteiger partial charge in [0.15, 0.2) is 0 Å². The largest absolute Gasteiger partial charge is 0.351 e. The maximum Gasteiger partial charge on any atom is 0.249 e. The van der Waals surface area contributed by atoms with Crippen molar-refractivity contribution in [1.82, 2.24) is 15.7 Å². The Labute approximate surface area is 151 Å². The zero-order valence-electron chi connectivity index (χ0n) is 16.8. The third kappa shape index (κ3) is 10.4. The number of rotatable bonds is 11. The second-order valence-electron chi connectivity index (χ2n) is 7.98. The molecule has 0 heterocycles. The molecule has 2 amide bonds. The van der Waals surface area contributed by atoms with E-state index in [0.717, 1.165) is 6.42 Å². The van der Waals surface area contributed by atoms with Gasteiger partial charge in [0, 0.05) is 18.5 Å². The van der Waals surface area contributed by atoms with E-state index in [4.69, 9.17) is 10.7 Å². The lowest BCUT2D eigenvalue weighted by atomic mass is 9.78. The van der Waals surface area contributed by atoms with Gasteiger partial charge in [-0.3, -0.25) is 19.3 Å². The Hall–Kier alpha value is -1.22. The molecule has 0 saturated carbocycles. The summed E-state index contributed by atoms with van der Waals surface area (Å²) in [5.74, 6) is 4.54. The molecule has 0 spiro atoms. The first-order valence-electron chi connectivity index (χ1n) is 8.67. The Morgan fingerprint density at radius 3 is 2.28 bits per heavy atom. The highest BCUT2D eigenvalue weighted by Gasteiger charge is 2.32. The normalized spacial score (nSPS) is 13.6. The standard InChI is InChI=1S/C17H36N4O4/c1-8-13(16(2,3)4)15(23)20-17(5,6)9-10-25-21(7)12-19-14(22)11-24-18/h13H,8-12,18H2,1-7H3,(H,19,22)(H,20,23). The number of nitrogens with two attached hydrogens (primary N) is 1. The Kier molecular flexibility index (Phi) is 10.2. The van der Waals surface area contributed by atoms with Crippen molar-refractivity contribution in [1.29, 1.82) is 0 Å². The number of nitrogens with one attached hydrogen (secondary N) is 2. The van der Waals surface area contributed by atoms with Crippen LogP contribution < -0.4 is 16.5 Å². The molecule has 4 N–H and O–H groups in total. The van der Waals surface area contributed by atoms with Crippen molar-refractivity contribution in [3.63, 3.8) is 0 Å². The summed E-state index contributed by atoms with van der Waals surface area (Å²) in [6.45, 7) is 12.7. The lowest BCUT2D eigenvalue weighted by Gasteiger charge is -2.34. The summed E-state index contributed by atoms with van der Waals surface area (Å²) < 4.78 is 0. The summed E-state index contributed by atoms with van der Waals surface area (Å²) in [6, 6.07) is 0. The molecule has 0 rings (SSSR count). The minimum Gasteiger partial charge on any atom is -0.351 e. The maximum absolute atomic E-state index is 12.5. The van der Waals surface area contributed by atoms with Crippen LogP contribution in [-0.2, 0) is 19.3 Å². The van der Waals surface area contributed by atoms with Crippen molar-refractivity contribution >= 4 is 11.8 Å². The van der Waals surface area contributed by atoms with Gasteiger partial charge in [-0.25, -0.2) is 5.90 Å². The van der Waals surface area contributed by atoms with Crippen LogP contribution >= 0.6 is 0 Å². The van der Waals surface area contributed by atoms with Crippen molar-refractivity contribution in [3.05, 3.63) is 0 Å². The number of nitrogens with zero attached hydrogens (tertiary/aromatic N) is 1. The van der Waals surface area contributed by atoms with Gasteiger partial charge >= 0.3 is 0 Å². The van der Waals surface area contributed by atoms with Gasteiger partial charge in [-0.1, -0.05) is 27.7 Å². The first-order valence-corrected chi connectivity index (χ1v) is 8.67. The van der Waals surface area contributed by atoms with Crippen LogP contribution in [0.2, 0.25) is 0 Å². The van der Waals surface area contributed by atoms with E-state index in [1.165, 1.54) is 5.06 Å². The molecule has 0 aromatic rings. The molecule has 1 unspecified atom stereocenters.